The highest BCUT2D eigenvalue weighted by Gasteiger charge is 2.42. The molecule has 5 heteroatoms. The van der Waals surface area contributed by atoms with E-state index < -0.39 is 11.9 Å². The van der Waals surface area contributed by atoms with E-state index in [4.69, 9.17) is 0 Å². The number of rotatable bonds is 3. The summed E-state index contributed by atoms with van der Waals surface area (Å²) in [5.74, 6) is -1.25. The fourth-order valence-electron chi connectivity index (χ4n) is 2.72. The smallest absolute Gasteiger partial charge is 0.308 e. The zero-order valence-corrected chi connectivity index (χ0v) is 12.9. The van der Waals surface area contributed by atoms with Crippen LogP contribution in [0.3, 0.4) is 0 Å². The van der Waals surface area contributed by atoms with E-state index in [2.05, 4.69) is 20.8 Å². The van der Waals surface area contributed by atoms with Gasteiger partial charge in [-0.05, 0) is 23.3 Å². The second-order valence-corrected chi connectivity index (χ2v) is 7.51. The SMILES string of the molecule is CC(C)(C)CN1C(=O)CC[C@H](C(=O)O)[C@H]1c1cccs1. The summed E-state index contributed by atoms with van der Waals surface area (Å²) in [6, 6.07) is 3.51. The molecule has 1 aliphatic rings. The number of hydrogen-bond donors (Lipinski definition) is 1. The molecule has 0 aromatic carbocycles. The van der Waals surface area contributed by atoms with Gasteiger partial charge in [0.1, 0.15) is 0 Å². The molecule has 2 rings (SSSR count). The Hall–Kier alpha value is -1.36. The number of aliphatic carboxylic acids is 1. The van der Waals surface area contributed by atoms with Gasteiger partial charge in [0.05, 0.1) is 12.0 Å². The Bertz CT molecular complexity index is 490. The number of carbonyl (C=O) groups is 2. The minimum absolute atomic E-state index is 0.0500. The molecule has 0 unspecified atom stereocenters. The van der Waals surface area contributed by atoms with Crippen LogP contribution >= 0.6 is 11.3 Å². The highest BCUT2D eigenvalue weighted by atomic mass is 32.1. The lowest BCUT2D eigenvalue weighted by molar-refractivity contribution is -0.153. The van der Waals surface area contributed by atoms with Crippen molar-refractivity contribution in [1.82, 2.24) is 4.90 Å². The van der Waals surface area contributed by atoms with E-state index >= 15 is 0 Å². The first kappa shape index (κ1) is 15.0. The van der Waals surface area contributed by atoms with Gasteiger partial charge >= 0.3 is 5.97 Å². The molecule has 1 fully saturated rings. The minimum atomic E-state index is -0.810. The molecule has 2 atom stereocenters. The number of piperidine rings is 1. The van der Waals surface area contributed by atoms with Gasteiger partial charge in [-0.25, -0.2) is 0 Å². The van der Waals surface area contributed by atoms with Crippen LogP contribution in [0.25, 0.3) is 0 Å². The highest BCUT2D eigenvalue weighted by molar-refractivity contribution is 7.10. The molecule has 0 bridgehead atoms. The van der Waals surface area contributed by atoms with E-state index in [0.717, 1.165) is 4.88 Å². The average Bonchev–Trinajstić information content (AvgIpc) is 2.82. The van der Waals surface area contributed by atoms with Gasteiger partial charge in [-0.3, -0.25) is 9.59 Å². The van der Waals surface area contributed by atoms with Crippen LogP contribution in [-0.2, 0) is 9.59 Å². The molecule has 0 radical (unpaired) electrons. The van der Waals surface area contributed by atoms with Crippen LogP contribution in [-0.4, -0.2) is 28.4 Å². The van der Waals surface area contributed by atoms with Gasteiger partial charge in [-0.2, -0.15) is 0 Å². The predicted molar refractivity (Wildman–Crippen MR) is 78.6 cm³/mol. The Balaban J connectivity index is 2.37. The molecule has 20 heavy (non-hydrogen) atoms. The molecule has 1 aromatic rings. The summed E-state index contributed by atoms with van der Waals surface area (Å²) in [5.41, 5.74) is -0.0500. The van der Waals surface area contributed by atoms with E-state index in [1.54, 1.807) is 4.90 Å². The zero-order chi connectivity index (χ0) is 14.9. The van der Waals surface area contributed by atoms with E-state index in [-0.39, 0.29) is 17.4 Å². The molecular weight excluding hydrogens is 274 g/mol. The quantitative estimate of drug-likeness (QED) is 0.932. The molecule has 1 aliphatic heterocycles. The molecule has 4 nitrogen and oxygen atoms in total. The van der Waals surface area contributed by atoms with Gasteiger partial charge in [0.2, 0.25) is 5.91 Å². The molecule has 0 aliphatic carbocycles. The number of amides is 1. The van der Waals surface area contributed by atoms with Crippen molar-refractivity contribution >= 4 is 23.2 Å². The zero-order valence-electron chi connectivity index (χ0n) is 12.1. The van der Waals surface area contributed by atoms with Crippen molar-refractivity contribution in [3.8, 4) is 0 Å². The number of thiophene rings is 1. The second kappa shape index (κ2) is 5.56. The van der Waals surface area contributed by atoms with Crippen molar-refractivity contribution in [2.75, 3.05) is 6.54 Å². The maximum atomic E-state index is 12.3. The van der Waals surface area contributed by atoms with Gasteiger partial charge in [-0.1, -0.05) is 26.8 Å². The topological polar surface area (TPSA) is 57.6 Å². The van der Waals surface area contributed by atoms with Crippen LogP contribution in [0.15, 0.2) is 17.5 Å². The fraction of sp³-hybridized carbons (Fsp3) is 0.600. The third-order valence-corrected chi connectivity index (χ3v) is 4.45. The molecule has 1 saturated heterocycles. The number of carbonyl (C=O) groups excluding carboxylic acids is 1. The van der Waals surface area contributed by atoms with E-state index in [9.17, 15) is 14.7 Å². The van der Waals surface area contributed by atoms with Crippen LogP contribution in [0.4, 0.5) is 0 Å². The summed E-state index contributed by atoms with van der Waals surface area (Å²) in [6.45, 7) is 6.78. The van der Waals surface area contributed by atoms with E-state index in [1.165, 1.54) is 11.3 Å². The maximum absolute atomic E-state index is 12.3. The van der Waals surface area contributed by atoms with Crippen molar-refractivity contribution in [1.29, 1.82) is 0 Å². The standard InChI is InChI=1S/C15H21NO3S/c1-15(2,3)9-16-12(17)7-6-10(14(18)19)13(16)11-5-4-8-20-11/h4-5,8,10,13H,6-7,9H2,1-3H3,(H,18,19)/t10-,13-/m0/s1. The van der Waals surface area contributed by atoms with Crippen LogP contribution in [0, 0.1) is 11.3 Å². The van der Waals surface area contributed by atoms with Crippen molar-refractivity contribution in [3.63, 3.8) is 0 Å². The molecule has 1 amide bonds. The molecular formula is C15H21NO3S. The summed E-state index contributed by atoms with van der Waals surface area (Å²) in [5, 5.41) is 11.4. The number of carboxylic acid groups (broad SMARTS) is 1. The predicted octanol–water partition coefficient (Wildman–Crippen LogP) is 3.16. The molecule has 1 aromatic heterocycles. The van der Waals surface area contributed by atoms with Gasteiger partial charge in [0.15, 0.2) is 0 Å². The van der Waals surface area contributed by atoms with E-state index in [1.807, 2.05) is 17.5 Å². The molecule has 110 valence electrons. The summed E-state index contributed by atoms with van der Waals surface area (Å²) < 4.78 is 0. The monoisotopic (exact) mass is 295 g/mol. The Morgan fingerprint density at radius 3 is 2.70 bits per heavy atom. The Morgan fingerprint density at radius 1 is 1.50 bits per heavy atom. The van der Waals surface area contributed by atoms with Gasteiger partial charge in [0.25, 0.3) is 0 Å². The normalized spacial score (nSPS) is 23.9. The first-order valence-corrected chi connectivity index (χ1v) is 7.73. The van der Waals surface area contributed by atoms with Crippen molar-refractivity contribution in [3.05, 3.63) is 22.4 Å². The fourth-order valence-corrected chi connectivity index (χ4v) is 3.62. The third kappa shape index (κ3) is 3.20. The second-order valence-electron chi connectivity index (χ2n) is 6.53. The van der Waals surface area contributed by atoms with Crippen molar-refractivity contribution in [2.45, 2.75) is 39.7 Å². The first-order valence-electron chi connectivity index (χ1n) is 6.85. The van der Waals surface area contributed by atoms with Crippen LogP contribution in [0.5, 0.6) is 0 Å². The average molecular weight is 295 g/mol. The molecule has 2 heterocycles. The summed E-state index contributed by atoms with van der Waals surface area (Å²) in [4.78, 5) is 26.6. The lowest BCUT2D eigenvalue weighted by Crippen LogP contribution is -2.48. The number of nitrogens with zero attached hydrogens (tertiary/aromatic N) is 1. The largest absolute Gasteiger partial charge is 0.481 e. The van der Waals surface area contributed by atoms with Gasteiger partial charge < -0.3 is 10.0 Å². The molecule has 1 N–H and O–H groups in total. The van der Waals surface area contributed by atoms with Crippen molar-refractivity contribution in [2.24, 2.45) is 11.3 Å². The molecule has 0 saturated carbocycles. The van der Waals surface area contributed by atoms with Crippen molar-refractivity contribution < 1.29 is 14.7 Å². The van der Waals surface area contributed by atoms with Crippen LogP contribution in [0.1, 0.15) is 44.5 Å². The Kier molecular flexibility index (Phi) is 4.18. The third-order valence-electron chi connectivity index (χ3n) is 3.50. The Morgan fingerprint density at radius 2 is 2.20 bits per heavy atom. The highest BCUT2D eigenvalue weighted by Crippen LogP contribution is 2.40. The molecule has 0 spiro atoms. The summed E-state index contributed by atoms with van der Waals surface area (Å²) >= 11 is 1.53. The minimum Gasteiger partial charge on any atom is -0.481 e. The Labute approximate surface area is 123 Å². The lowest BCUT2D eigenvalue weighted by atomic mass is 9.85. The van der Waals surface area contributed by atoms with E-state index in [0.29, 0.717) is 19.4 Å². The summed E-state index contributed by atoms with van der Waals surface area (Å²) in [6.07, 6.45) is 0.756. The van der Waals surface area contributed by atoms with Gasteiger partial charge in [0, 0.05) is 17.8 Å². The lowest BCUT2D eigenvalue weighted by Gasteiger charge is -2.42. The van der Waals surface area contributed by atoms with Crippen LogP contribution < -0.4 is 0 Å². The number of likely N-dealkylation sites (tertiary alicyclic amines) is 1. The summed E-state index contributed by atoms with van der Waals surface area (Å²) in [7, 11) is 0. The number of carboxylic acids is 1. The van der Waals surface area contributed by atoms with Crippen LogP contribution in [0.2, 0.25) is 0 Å². The maximum Gasteiger partial charge on any atom is 0.308 e. The first-order chi connectivity index (χ1) is 9.29. The number of hydrogen-bond acceptors (Lipinski definition) is 3. The van der Waals surface area contributed by atoms with Gasteiger partial charge in [-0.15, -0.1) is 11.3 Å².